The number of hydrogen-bond donors (Lipinski definition) is 3. The molecule has 0 aliphatic carbocycles. The summed E-state index contributed by atoms with van der Waals surface area (Å²) < 4.78 is 23.6. The molecule has 9 heteroatoms. The number of aliphatic hydroxyl groups excluding tert-OH is 1. The van der Waals surface area contributed by atoms with E-state index in [4.69, 9.17) is 9.05 Å². The van der Waals surface area contributed by atoms with Crippen LogP contribution in [0, 0.1) is 0 Å². The molecule has 0 heterocycles. The molecule has 0 spiro atoms. The molecule has 0 aromatic carbocycles. The number of quaternary nitrogens is 1. The Labute approximate surface area is 355 Å². The van der Waals surface area contributed by atoms with Crippen LogP contribution in [0.25, 0.3) is 0 Å². The zero-order chi connectivity index (χ0) is 42.1. The van der Waals surface area contributed by atoms with Gasteiger partial charge in [0.05, 0.1) is 39.9 Å². The highest BCUT2D eigenvalue weighted by Gasteiger charge is 2.28. The van der Waals surface area contributed by atoms with Crippen molar-refractivity contribution in [1.82, 2.24) is 5.32 Å². The number of aliphatic hydroxyl groups is 1. The van der Waals surface area contributed by atoms with Gasteiger partial charge in [-0.05, 0) is 12.8 Å². The van der Waals surface area contributed by atoms with Crippen molar-refractivity contribution in [3.8, 4) is 0 Å². The number of phosphoric ester groups is 1. The summed E-state index contributed by atoms with van der Waals surface area (Å²) in [5.74, 6) is -0.141. The van der Waals surface area contributed by atoms with Gasteiger partial charge in [-0.1, -0.05) is 232 Å². The molecular formula is C48H100N2O6P+. The lowest BCUT2D eigenvalue weighted by Gasteiger charge is -2.26. The Morgan fingerprint density at radius 2 is 0.842 bits per heavy atom. The summed E-state index contributed by atoms with van der Waals surface area (Å²) in [5, 5.41) is 13.9. The molecule has 1 amide bonds. The van der Waals surface area contributed by atoms with Crippen molar-refractivity contribution in [2.75, 3.05) is 40.9 Å². The molecule has 0 aromatic rings. The summed E-state index contributed by atoms with van der Waals surface area (Å²) >= 11 is 0. The normalized spacial score (nSPS) is 14.2. The average molecular weight is 832 g/mol. The first-order chi connectivity index (χ1) is 27.5. The van der Waals surface area contributed by atoms with E-state index in [-0.39, 0.29) is 19.1 Å². The molecule has 0 fully saturated rings. The second-order valence-electron chi connectivity index (χ2n) is 18.6. The Balaban J connectivity index is 4.00. The number of unbranched alkanes of at least 4 members (excludes halogenated alkanes) is 33. The summed E-state index contributed by atoms with van der Waals surface area (Å²) in [5.41, 5.74) is 0. The molecular weight excluding hydrogens is 732 g/mol. The van der Waals surface area contributed by atoms with E-state index in [1.165, 1.54) is 186 Å². The van der Waals surface area contributed by atoms with E-state index in [9.17, 15) is 19.4 Å². The molecule has 0 saturated heterocycles. The Morgan fingerprint density at radius 1 is 0.526 bits per heavy atom. The van der Waals surface area contributed by atoms with Gasteiger partial charge in [-0.15, -0.1) is 0 Å². The lowest BCUT2D eigenvalue weighted by molar-refractivity contribution is -0.870. The van der Waals surface area contributed by atoms with E-state index in [0.717, 1.165) is 38.5 Å². The molecule has 8 nitrogen and oxygen atoms in total. The number of hydrogen-bond acceptors (Lipinski definition) is 5. The van der Waals surface area contributed by atoms with Crippen molar-refractivity contribution in [3.05, 3.63) is 0 Å². The zero-order valence-corrected chi connectivity index (χ0v) is 39.8. The van der Waals surface area contributed by atoms with Crippen molar-refractivity contribution in [2.24, 2.45) is 0 Å². The van der Waals surface area contributed by atoms with Crippen LogP contribution in [0.5, 0.6) is 0 Å². The van der Waals surface area contributed by atoms with E-state index in [2.05, 4.69) is 19.2 Å². The van der Waals surface area contributed by atoms with Crippen LogP contribution in [-0.4, -0.2) is 73.4 Å². The first kappa shape index (κ1) is 56.5. The number of carbonyl (C=O) groups is 1. The molecule has 3 atom stereocenters. The fourth-order valence-electron chi connectivity index (χ4n) is 7.64. The van der Waals surface area contributed by atoms with E-state index in [0.29, 0.717) is 23.9 Å². The summed E-state index contributed by atoms with van der Waals surface area (Å²) in [4.78, 5) is 23.1. The van der Waals surface area contributed by atoms with Crippen LogP contribution in [0.15, 0.2) is 0 Å². The fourth-order valence-corrected chi connectivity index (χ4v) is 8.37. The second kappa shape index (κ2) is 40.9. The average Bonchev–Trinajstić information content (AvgIpc) is 3.16. The van der Waals surface area contributed by atoms with Gasteiger partial charge in [0.2, 0.25) is 5.91 Å². The number of nitrogens with one attached hydrogen (secondary N) is 1. The first-order valence-corrected chi connectivity index (χ1v) is 26.4. The summed E-state index contributed by atoms with van der Waals surface area (Å²) in [7, 11) is 1.63. The minimum absolute atomic E-state index is 0.0783. The number of amides is 1. The topological polar surface area (TPSA) is 105 Å². The molecule has 342 valence electrons. The van der Waals surface area contributed by atoms with Crippen LogP contribution in [0.3, 0.4) is 0 Å². The van der Waals surface area contributed by atoms with Crippen molar-refractivity contribution in [1.29, 1.82) is 0 Å². The number of nitrogens with zero attached hydrogens (tertiary/aromatic N) is 1. The molecule has 0 aliphatic rings. The van der Waals surface area contributed by atoms with Crippen molar-refractivity contribution in [2.45, 2.75) is 264 Å². The Morgan fingerprint density at radius 3 is 1.18 bits per heavy atom. The molecule has 0 aliphatic heterocycles. The summed E-state index contributed by atoms with van der Waals surface area (Å²) in [6.45, 7) is 4.89. The third kappa shape index (κ3) is 43.4. The second-order valence-corrected chi connectivity index (χ2v) is 20.0. The Kier molecular flexibility index (Phi) is 40.5. The number of rotatable bonds is 46. The molecule has 0 saturated carbocycles. The van der Waals surface area contributed by atoms with Gasteiger partial charge in [0.25, 0.3) is 0 Å². The largest absolute Gasteiger partial charge is 0.472 e. The highest BCUT2D eigenvalue weighted by Crippen LogP contribution is 2.43. The van der Waals surface area contributed by atoms with Crippen molar-refractivity contribution < 1.29 is 32.9 Å². The third-order valence-corrected chi connectivity index (χ3v) is 12.6. The minimum atomic E-state index is -4.30. The molecule has 0 aromatic heterocycles. The third-order valence-electron chi connectivity index (χ3n) is 11.6. The maximum Gasteiger partial charge on any atom is 0.472 e. The first-order valence-electron chi connectivity index (χ1n) is 24.9. The van der Waals surface area contributed by atoms with Crippen LogP contribution in [0.2, 0.25) is 0 Å². The van der Waals surface area contributed by atoms with Crippen LogP contribution >= 0.6 is 7.82 Å². The van der Waals surface area contributed by atoms with Crippen LogP contribution in [0.1, 0.15) is 251 Å². The maximum absolute atomic E-state index is 12.9. The van der Waals surface area contributed by atoms with Crippen LogP contribution in [-0.2, 0) is 18.4 Å². The SMILES string of the molecule is CCCCCCCCCCCCCCCCCCCCCCCCCCCCC(=O)N[C@@H](COP(=O)(O)OCC[N+](C)(C)C)[C@H](O)CCCCCCCCCCC. The van der Waals surface area contributed by atoms with Crippen LogP contribution < -0.4 is 5.32 Å². The Bertz CT molecular complexity index is 901. The molecule has 57 heavy (non-hydrogen) atoms. The van der Waals surface area contributed by atoms with Crippen molar-refractivity contribution >= 4 is 13.7 Å². The van der Waals surface area contributed by atoms with Gasteiger partial charge in [0.1, 0.15) is 13.2 Å². The van der Waals surface area contributed by atoms with Gasteiger partial charge in [0.15, 0.2) is 0 Å². The van der Waals surface area contributed by atoms with Gasteiger partial charge in [-0.25, -0.2) is 4.57 Å². The number of phosphoric acid groups is 1. The molecule has 1 unspecified atom stereocenters. The van der Waals surface area contributed by atoms with E-state index >= 15 is 0 Å². The predicted molar refractivity (Wildman–Crippen MR) is 245 cm³/mol. The predicted octanol–water partition coefficient (Wildman–Crippen LogP) is 14.1. The maximum atomic E-state index is 12.9. The smallest absolute Gasteiger partial charge is 0.391 e. The highest BCUT2D eigenvalue weighted by atomic mass is 31.2. The lowest BCUT2D eigenvalue weighted by atomic mass is 10.0. The van der Waals surface area contributed by atoms with Gasteiger partial charge in [-0.2, -0.15) is 0 Å². The standard InChI is InChI=1S/C48H99N2O6P/c1-6-8-10-12-14-16-17-18-19-20-21-22-23-24-25-26-27-28-29-30-31-32-34-36-38-40-42-48(52)49-46(45-56-57(53,54)55-44-43-50(3,4)5)47(51)41-39-37-35-33-15-13-11-9-7-2/h46-47,51H,6-45H2,1-5H3,(H-,49,52,53,54)/p+1/t46-,47+/m0/s1. The van der Waals surface area contributed by atoms with Gasteiger partial charge in [-0.3, -0.25) is 13.8 Å². The van der Waals surface area contributed by atoms with E-state index < -0.39 is 20.0 Å². The fraction of sp³-hybridized carbons (Fsp3) is 0.979. The monoisotopic (exact) mass is 832 g/mol. The van der Waals surface area contributed by atoms with Crippen LogP contribution in [0.4, 0.5) is 0 Å². The molecule has 3 N–H and O–H groups in total. The number of likely N-dealkylation sites (N-methyl/N-ethyl adjacent to an activating group) is 1. The van der Waals surface area contributed by atoms with E-state index in [1.54, 1.807) is 0 Å². The van der Waals surface area contributed by atoms with Gasteiger partial charge < -0.3 is 19.8 Å². The minimum Gasteiger partial charge on any atom is -0.391 e. The quantitative estimate of drug-likeness (QED) is 0.0321. The van der Waals surface area contributed by atoms with E-state index in [1.807, 2.05) is 21.1 Å². The number of carbonyl (C=O) groups excluding carboxylic acids is 1. The van der Waals surface area contributed by atoms with Gasteiger partial charge >= 0.3 is 7.82 Å². The summed E-state index contributed by atoms with van der Waals surface area (Å²) in [6, 6.07) is -0.752. The summed E-state index contributed by atoms with van der Waals surface area (Å²) in [6.07, 6.45) is 45.9. The molecule has 0 rings (SSSR count). The van der Waals surface area contributed by atoms with Gasteiger partial charge in [0, 0.05) is 6.42 Å². The molecule has 0 radical (unpaired) electrons. The Hall–Kier alpha value is -0.500. The lowest BCUT2D eigenvalue weighted by Crippen LogP contribution is -2.46. The zero-order valence-electron chi connectivity index (χ0n) is 38.9. The highest BCUT2D eigenvalue weighted by molar-refractivity contribution is 7.47. The van der Waals surface area contributed by atoms with Crippen molar-refractivity contribution in [3.63, 3.8) is 0 Å². The molecule has 0 bridgehead atoms.